The molecule has 0 radical (unpaired) electrons. The molecule has 1 aromatic rings. The summed E-state index contributed by atoms with van der Waals surface area (Å²) in [7, 11) is 0. The third kappa shape index (κ3) is 2.91. The second-order valence-corrected chi connectivity index (χ2v) is 4.83. The zero-order valence-corrected chi connectivity index (χ0v) is 11.2. The zero-order valence-electron chi connectivity index (χ0n) is 11.2. The standard InChI is InChI=1S/C15H21NO2/c1-3-9-16(13-7-4-6-12(2)11-13)15(17)14-8-5-10-18-14/h4,6-7,11,14H,3,5,8-10H2,1-2H3/t14-/m0/s1. The smallest absolute Gasteiger partial charge is 0.256 e. The normalized spacial score (nSPS) is 18.9. The summed E-state index contributed by atoms with van der Waals surface area (Å²) in [4.78, 5) is 14.3. The summed E-state index contributed by atoms with van der Waals surface area (Å²) in [5, 5.41) is 0. The molecule has 0 saturated carbocycles. The molecule has 1 heterocycles. The number of carbonyl (C=O) groups is 1. The highest BCUT2D eigenvalue weighted by atomic mass is 16.5. The molecule has 0 aliphatic carbocycles. The minimum Gasteiger partial charge on any atom is -0.368 e. The van der Waals surface area contributed by atoms with Gasteiger partial charge in [0.15, 0.2) is 0 Å². The van der Waals surface area contributed by atoms with Crippen molar-refractivity contribution in [2.24, 2.45) is 0 Å². The number of nitrogens with zero attached hydrogens (tertiary/aromatic N) is 1. The first-order valence-corrected chi connectivity index (χ1v) is 6.72. The second-order valence-electron chi connectivity index (χ2n) is 4.83. The van der Waals surface area contributed by atoms with Gasteiger partial charge in [-0.1, -0.05) is 19.1 Å². The van der Waals surface area contributed by atoms with Gasteiger partial charge in [0.05, 0.1) is 0 Å². The van der Waals surface area contributed by atoms with Crippen molar-refractivity contribution < 1.29 is 9.53 Å². The molecule has 98 valence electrons. The first-order valence-electron chi connectivity index (χ1n) is 6.72. The molecular formula is C15H21NO2. The summed E-state index contributed by atoms with van der Waals surface area (Å²) >= 11 is 0. The van der Waals surface area contributed by atoms with Crippen LogP contribution in [0.4, 0.5) is 5.69 Å². The summed E-state index contributed by atoms with van der Waals surface area (Å²) in [6, 6.07) is 8.10. The van der Waals surface area contributed by atoms with Crippen LogP contribution in [0.2, 0.25) is 0 Å². The second kappa shape index (κ2) is 6.01. The molecule has 2 rings (SSSR count). The van der Waals surface area contributed by atoms with Crippen molar-refractivity contribution in [2.45, 2.75) is 39.2 Å². The molecule has 1 saturated heterocycles. The van der Waals surface area contributed by atoms with Crippen LogP contribution < -0.4 is 4.90 Å². The van der Waals surface area contributed by atoms with Crippen LogP contribution in [-0.2, 0) is 9.53 Å². The summed E-state index contributed by atoms with van der Waals surface area (Å²) in [6.07, 6.45) is 2.55. The Balaban J connectivity index is 2.19. The van der Waals surface area contributed by atoms with E-state index < -0.39 is 0 Å². The lowest BCUT2D eigenvalue weighted by molar-refractivity contribution is -0.127. The fraction of sp³-hybridized carbons (Fsp3) is 0.533. The highest BCUT2D eigenvalue weighted by molar-refractivity contribution is 5.96. The molecule has 3 nitrogen and oxygen atoms in total. The quantitative estimate of drug-likeness (QED) is 0.818. The van der Waals surface area contributed by atoms with Gasteiger partial charge in [-0.05, 0) is 43.9 Å². The SMILES string of the molecule is CCCN(C(=O)[C@@H]1CCCO1)c1cccc(C)c1. The molecular weight excluding hydrogens is 226 g/mol. The van der Waals surface area contributed by atoms with Gasteiger partial charge in [-0.2, -0.15) is 0 Å². The van der Waals surface area contributed by atoms with Crippen molar-refractivity contribution in [1.82, 2.24) is 0 Å². The minimum absolute atomic E-state index is 0.111. The van der Waals surface area contributed by atoms with E-state index in [2.05, 4.69) is 13.0 Å². The van der Waals surface area contributed by atoms with E-state index in [0.29, 0.717) is 6.61 Å². The van der Waals surface area contributed by atoms with Crippen LogP contribution in [0.25, 0.3) is 0 Å². The molecule has 0 unspecified atom stereocenters. The number of benzene rings is 1. The van der Waals surface area contributed by atoms with E-state index in [1.54, 1.807) is 0 Å². The van der Waals surface area contributed by atoms with Gasteiger partial charge in [-0.15, -0.1) is 0 Å². The van der Waals surface area contributed by atoms with Gasteiger partial charge in [0, 0.05) is 18.8 Å². The predicted molar refractivity (Wildman–Crippen MR) is 72.8 cm³/mol. The number of carbonyl (C=O) groups excluding carboxylic acids is 1. The number of ether oxygens (including phenoxy) is 1. The summed E-state index contributed by atoms with van der Waals surface area (Å²) in [5.41, 5.74) is 2.16. The van der Waals surface area contributed by atoms with Crippen LogP contribution in [0.15, 0.2) is 24.3 Å². The average molecular weight is 247 g/mol. The molecule has 1 atom stereocenters. The monoisotopic (exact) mass is 247 g/mol. The highest BCUT2D eigenvalue weighted by Crippen LogP contribution is 2.21. The maximum atomic E-state index is 12.4. The Bertz CT molecular complexity index is 411. The van der Waals surface area contributed by atoms with Crippen molar-refractivity contribution >= 4 is 11.6 Å². The van der Waals surface area contributed by atoms with Crippen LogP contribution >= 0.6 is 0 Å². The van der Waals surface area contributed by atoms with E-state index in [1.807, 2.05) is 30.0 Å². The first kappa shape index (κ1) is 13.1. The third-order valence-electron chi connectivity index (χ3n) is 3.23. The van der Waals surface area contributed by atoms with Crippen molar-refractivity contribution in [2.75, 3.05) is 18.1 Å². The van der Waals surface area contributed by atoms with E-state index in [1.165, 1.54) is 5.56 Å². The Kier molecular flexibility index (Phi) is 4.37. The molecule has 1 fully saturated rings. The first-order chi connectivity index (χ1) is 8.72. The molecule has 1 aliphatic rings. The van der Waals surface area contributed by atoms with E-state index in [9.17, 15) is 4.79 Å². The molecule has 1 aromatic carbocycles. The van der Waals surface area contributed by atoms with Crippen LogP contribution in [0, 0.1) is 6.92 Å². The lowest BCUT2D eigenvalue weighted by Gasteiger charge is -2.25. The lowest BCUT2D eigenvalue weighted by atomic mass is 10.1. The maximum Gasteiger partial charge on any atom is 0.256 e. The van der Waals surface area contributed by atoms with Gasteiger partial charge < -0.3 is 9.64 Å². The van der Waals surface area contributed by atoms with E-state index in [4.69, 9.17) is 4.74 Å². The molecule has 0 aromatic heterocycles. The Morgan fingerprint density at radius 2 is 2.33 bits per heavy atom. The van der Waals surface area contributed by atoms with E-state index in [0.717, 1.165) is 31.5 Å². The van der Waals surface area contributed by atoms with Gasteiger partial charge in [0.1, 0.15) is 6.10 Å². The lowest BCUT2D eigenvalue weighted by Crippen LogP contribution is -2.39. The minimum atomic E-state index is -0.239. The summed E-state index contributed by atoms with van der Waals surface area (Å²) in [6.45, 7) is 5.60. The zero-order chi connectivity index (χ0) is 13.0. The average Bonchev–Trinajstić information content (AvgIpc) is 2.89. The van der Waals surface area contributed by atoms with Crippen molar-refractivity contribution in [1.29, 1.82) is 0 Å². The highest BCUT2D eigenvalue weighted by Gasteiger charge is 2.28. The maximum absolute atomic E-state index is 12.4. The molecule has 0 spiro atoms. The Morgan fingerprint density at radius 1 is 1.50 bits per heavy atom. The molecule has 0 bridgehead atoms. The number of rotatable bonds is 4. The predicted octanol–water partition coefficient (Wildman–Crippen LogP) is 2.92. The fourth-order valence-electron chi connectivity index (χ4n) is 2.33. The topological polar surface area (TPSA) is 29.5 Å². The van der Waals surface area contributed by atoms with Crippen molar-refractivity contribution in [3.8, 4) is 0 Å². The van der Waals surface area contributed by atoms with Gasteiger partial charge >= 0.3 is 0 Å². The molecule has 1 amide bonds. The molecule has 1 aliphatic heterocycles. The Hall–Kier alpha value is -1.35. The van der Waals surface area contributed by atoms with Crippen molar-refractivity contribution in [3.05, 3.63) is 29.8 Å². The Morgan fingerprint density at radius 3 is 2.94 bits per heavy atom. The van der Waals surface area contributed by atoms with Gasteiger partial charge in [0.2, 0.25) is 0 Å². The van der Waals surface area contributed by atoms with Crippen LogP contribution in [0.3, 0.4) is 0 Å². The molecule has 3 heteroatoms. The largest absolute Gasteiger partial charge is 0.368 e. The van der Waals surface area contributed by atoms with E-state index >= 15 is 0 Å². The van der Waals surface area contributed by atoms with Gasteiger partial charge in [-0.25, -0.2) is 0 Å². The molecule has 18 heavy (non-hydrogen) atoms. The van der Waals surface area contributed by atoms with E-state index in [-0.39, 0.29) is 12.0 Å². The van der Waals surface area contributed by atoms with Crippen molar-refractivity contribution in [3.63, 3.8) is 0 Å². The number of aryl methyl sites for hydroxylation is 1. The number of anilines is 1. The van der Waals surface area contributed by atoms with Gasteiger partial charge in [0.25, 0.3) is 5.91 Å². The van der Waals surface area contributed by atoms with Crippen LogP contribution in [0.5, 0.6) is 0 Å². The number of hydrogen-bond acceptors (Lipinski definition) is 2. The third-order valence-corrected chi connectivity index (χ3v) is 3.23. The van der Waals surface area contributed by atoms with Crippen LogP contribution in [0.1, 0.15) is 31.7 Å². The number of amides is 1. The Labute approximate surface area is 109 Å². The summed E-state index contributed by atoms with van der Waals surface area (Å²) in [5.74, 6) is 0.111. The summed E-state index contributed by atoms with van der Waals surface area (Å²) < 4.78 is 5.50. The fourth-order valence-corrected chi connectivity index (χ4v) is 2.33. The number of hydrogen-bond donors (Lipinski definition) is 0. The van der Waals surface area contributed by atoms with Crippen LogP contribution in [-0.4, -0.2) is 25.2 Å². The van der Waals surface area contributed by atoms with Gasteiger partial charge in [-0.3, -0.25) is 4.79 Å². The molecule has 0 N–H and O–H groups in total.